The molecule has 4 atom stereocenters. The zero-order valence-electron chi connectivity index (χ0n) is 23.3. The lowest BCUT2D eigenvalue weighted by atomic mass is 9.96. The topological polar surface area (TPSA) is 226 Å². The SMILES string of the molecule is CC[C@H](C)[C@H](NC(=O)[C@H](Cc1ccc(OP(=O)(O)O)cc1)NC(C)=O)C(=O)N[C@@H](CC(N)=O)C(=O)NCC(C)C. The molecule has 8 N–H and O–H groups in total. The molecular formula is C25H40N5O9P. The number of amides is 5. The molecule has 0 aliphatic heterocycles. The first-order valence-electron chi connectivity index (χ1n) is 12.8. The van der Waals surface area contributed by atoms with Gasteiger partial charge < -0.3 is 31.5 Å². The second-order valence-electron chi connectivity index (χ2n) is 9.93. The molecule has 1 aromatic rings. The summed E-state index contributed by atoms with van der Waals surface area (Å²) >= 11 is 0. The van der Waals surface area contributed by atoms with E-state index in [0.717, 1.165) is 0 Å². The second kappa shape index (κ2) is 15.9. The molecule has 0 aliphatic rings. The van der Waals surface area contributed by atoms with E-state index in [1.165, 1.54) is 31.2 Å². The fraction of sp³-hybridized carbons (Fsp3) is 0.560. The van der Waals surface area contributed by atoms with E-state index in [9.17, 15) is 28.5 Å². The van der Waals surface area contributed by atoms with Crippen molar-refractivity contribution in [1.29, 1.82) is 0 Å². The third kappa shape index (κ3) is 13.0. The largest absolute Gasteiger partial charge is 0.524 e. The van der Waals surface area contributed by atoms with Gasteiger partial charge in [-0.1, -0.05) is 46.2 Å². The fourth-order valence-corrected chi connectivity index (χ4v) is 3.97. The first kappa shape index (κ1) is 34.5. The van der Waals surface area contributed by atoms with Crippen LogP contribution in [0.3, 0.4) is 0 Å². The van der Waals surface area contributed by atoms with Gasteiger partial charge in [0.1, 0.15) is 23.9 Å². The Morgan fingerprint density at radius 3 is 2.00 bits per heavy atom. The van der Waals surface area contributed by atoms with E-state index in [1.807, 2.05) is 13.8 Å². The molecule has 0 unspecified atom stereocenters. The highest BCUT2D eigenvalue weighted by molar-refractivity contribution is 7.46. The van der Waals surface area contributed by atoms with Crippen molar-refractivity contribution in [3.05, 3.63) is 29.8 Å². The third-order valence-electron chi connectivity index (χ3n) is 5.80. The van der Waals surface area contributed by atoms with Gasteiger partial charge in [0.15, 0.2) is 0 Å². The van der Waals surface area contributed by atoms with E-state index in [0.29, 0.717) is 18.5 Å². The molecule has 0 saturated carbocycles. The van der Waals surface area contributed by atoms with Crippen molar-refractivity contribution in [2.75, 3.05) is 6.54 Å². The van der Waals surface area contributed by atoms with Crippen molar-refractivity contribution < 1.29 is 42.8 Å². The molecule has 1 aromatic carbocycles. The van der Waals surface area contributed by atoms with E-state index in [4.69, 9.17) is 15.5 Å². The third-order valence-corrected chi connectivity index (χ3v) is 6.25. The zero-order valence-corrected chi connectivity index (χ0v) is 24.2. The first-order chi connectivity index (χ1) is 18.5. The number of phosphoric acid groups is 1. The summed E-state index contributed by atoms with van der Waals surface area (Å²) in [6.07, 6.45) is 0.0235. The molecule has 14 nitrogen and oxygen atoms in total. The van der Waals surface area contributed by atoms with Gasteiger partial charge >= 0.3 is 7.82 Å². The lowest BCUT2D eigenvalue weighted by molar-refractivity contribution is -0.135. The average Bonchev–Trinajstić information content (AvgIpc) is 2.83. The van der Waals surface area contributed by atoms with Crippen LogP contribution >= 0.6 is 7.82 Å². The maximum atomic E-state index is 13.3. The van der Waals surface area contributed by atoms with Gasteiger partial charge in [0.05, 0.1) is 6.42 Å². The Bertz CT molecular complexity index is 1090. The zero-order chi connectivity index (χ0) is 30.6. The molecule has 0 heterocycles. The van der Waals surface area contributed by atoms with Crippen molar-refractivity contribution >= 4 is 37.4 Å². The van der Waals surface area contributed by atoms with Crippen LogP contribution < -0.4 is 31.5 Å². The number of carbonyl (C=O) groups is 5. The molecule has 0 spiro atoms. The van der Waals surface area contributed by atoms with Crippen LogP contribution in [0.5, 0.6) is 5.75 Å². The van der Waals surface area contributed by atoms with Crippen LogP contribution in [-0.2, 0) is 35.0 Å². The lowest BCUT2D eigenvalue weighted by Crippen LogP contribution is -2.59. The van der Waals surface area contributed by atoms with E-state index in [2.05, 4.69) is 25.8 Å². The molecular weight excluding hydrogens is 545 g/mol. The van der Waals surface area contributed by atoms with Gasteiger partial charge in [-0.3, -0.25) is 33.8 Å². The summed E-state index contributed by atoms with van der Waals surface area (Å²) in [4.78, 5) is 80.4. The second-order valence-corrected chi connectivity index (χ2v) is 11.1. The Hall–Kier alpha value is -3.48. The molecule has 5 amide bonds. The number of rotatable bonds is 16. The molecule has 224 valence electrons. The van der Waals surface area contributed by atoms with E-state index < -0.39 is 61.9 Å². The minimum atomic E-state index is -4.75. The summed E-state index contributed by atoms with van der Waals surface area (Å²) in [5, 5.41) is 10.3. The molecule has 0 bridgehead atoms. The number of phosphoric ester groups is 1. The Balaban J connectivity index is 3.10. The van der Waals surface area contributed by atoms with Crippen LogP contribution in [0.4, 0.5) is 0 Å². The van der Waals surface area contributed by atoms with Gasteiger partial charge in [0.25, 0.3) is 0 Å². The van der Waals surface area contributed by atoms with Crippen LogP contribution in [0.2, 0.25) is 0 Å². The van der Waals surface area contributed by atoms with Gasteiger partial charge in [-0.05, 0) is 29.5 Å². The summed E-state index contributed by atoms with van der Waals surface area (Å²) in [6, 6.07) is 2.08. The smallest absolute Gasteiger partial charge is 0.404 e. The van der Waals surface area contributed by atoms with Crippen molar-refractivity contribution in [1.82, 2.24) is 21.3 Å². The summed E-state index contributed by atoms with van der Waals surface area (Å²) in [7, 11) is -4.75. The van der Waals surface area contributed by atoms with Crippen molar-refractivity contribution in [2.24, 2.45) is 17.6 Å². The van der Waals surface area contributed by atoms with Crippen LogP contribution in [0.25, 0.3) is 0 Å². The van der Waals surface area contributed by atoms with E-state index in [-0.39, 0.29) is 24.0 Å². The minimum Gasteiger partial charge on any atom is -0.404 e. The number of nitrogens with one attached hydrogen (secondary N) is 4. The molecule has 0 saturated heterocycles. The first-order valence-corrected chi connectivity index (χ1v) is 14.3. The monoisotopic (exact) mass is 585 g/mol. The minimum absolute atomic E-state index is 0.0155. The normalized spacial score (nSPS) is 14.3. The van der Waals surface area contributed by atoms with Crippen LogP contribution in [0.15, 0.2) is 24.3 Å². The van der Waals surface area contributed by atoms with Crippen molar-refractivity contribution in [3.63, 3.8) is 0 Å². The van der Waals surface area contributed by atoms with Crippen molar-refractivity contribution in [2.45, 2.75) is 72.0 Å². The van der Waals surface area contributed by atoms with Gasteiger partial charge in [-0.15, -0.1) is 0 Å². The van der Waals surface area contributed by atoms with Gasteiger partial charge in [0, 0.05) is 19.9 Å². The Morgan fingerprint density at radius 1 is 0.925 bits per heavy atom. The molecule has 0 radical (unpaired) electrons. The number of primary amides is 1. The lowest BCUT2D eigenvalue weighted by Gasteiger charge is -2.28. The number of hydrogen-bond acceptors (Lipinski definition) is 7. The van der Waals surface area contributed by atoms with Gasteiger partial charge in [0.2, 0.25) is 29.5 Å². The molecule has 15 heteroatoms. The van der Waals surface area contributed by atoms with Crippen LogP contribution in [-0.4, -0.2) is 64.0 Å². The Morgan fingerprint density at radius 2 is 1.52 bits per heavy atom. The molecule has 0 aromatic heterocycles. The number of carbonyl (C=O) groups excluding carboxylic acids is 5. The quantitative estimate of drug-likeness (QED) is 0.128. The summed E-state index contributed by atoms with van der Waals surface area (Å²) in [5.74, 6) is -3.62. The van der Waals surface area contributed by atoms with E-state index >= 15 is 0 Å². The molecule has 0 aliphatic carbocycles. The summed E-state index contributed by atoms with van der Waals surface area (Å²) in [5.41, 5.74) is 5.81. The Labute approximate surface area is 233 Å². The fourth-order valence-electron chi connectivity index (χ4n) is 3.57. The van der Waals surface area contributed by atoms with Crippen LogP contribution in [0, 0.1) is 11.8 Å². The maximum absolute atomic E-state index is 13.3. The highest BCUT2D eigenvalue weighted by atomic mass is 31.2. The standard InChI is InChI=1S/C25H40N5O9P/c1-6-15(4)22(25(35)29-20(12-21(26)32)23(33)27-13-14(2)3)30-24(34)19(28-16(5)31)11-17-7-9-18(10-8-17)39-40(36,37)38/h7-10,14-15,19-20,22H,6,11-13H2,1-5H3,(H2,26,32)(H,27,33)(H,28,31)(H,29,35)(H,30,34)(H2,36,37,38)/t15-,19-,20-,22-/m0/s1. The highest BCUT2D eigenvalue weighted by Crippen LogP contribution is 2.37. The molecule has 40 heavy (non-hydrogen) atoms. The predicted octanol–water partition coefficient (Wildman–Crippen LogP) is -0.131. The highest BCUT2D eigenvalue weighted by Gasteiger charge is 2.32. The average molecular weight is 586 g/mol. The molecule has 1 rings (SSSR count). The van der Waals surface area contributed by atoms with Gasteiger partial charge in [-0.25, -0.2) is 4.57 Å². The Kier molecular flexibility index (Phi) is 13.8. The summed E-state index contributed by atoms with van der Waals surface area (Å²) < 4.78 is 15.5. The molecule has 0 fully saturated rings. The number of benzene rings is 1. The summed E-state index contributed by atoms with van der Waals surface area (Å²) in [6.45, 7) is 8.83. The predicted molar refractivity (Wildman–Crippen MR) is 145 cm³/mol. The van der Waals surface area contributed by atoms with Crippen LogP contribution in [0.1, 0.15) is 53.0 Å². The maximum Gasteiger partial charge on any atom is 0.524 e. The number of nitrogens with two attached hydrogens (primary N) is 1. The van der Waals surface area contributed by atoms with Gasteiger partial charge in [-0.2, -0.15) is 0 Å². The number of hydrogen-bond donors (Lipinski definition) is 7. The van der Waals surface area contributed by atoms with Crippen molar-refractivity contribution in [3.8, 4) is 5.75 Å². The van der Waals surface area contributed by atoms with E-state index in [1.54, 1.807) is 13.8 Å².